The van der Waals surface area contributed by atoms with Gasteiger partial charge in [-0.3, -0.25) is 0 Å². The Balaban J connectivity index is 1.56. The van der Waals surface area contributed by atoms with Gasteiger partial charge in [0, 0.05) is 12.5 Å². The molecule has 1 aliphatic carbocycles. The van der Waals surface area contributed by atoms with Crippen LogP contribution in [0.2, 0.25) is 0 Å². The first-order valence-electron chi connectivity index (χ1n) is 7.31. The molecule has 2 heteroatoms. The van der Waals surface area contributed by atoms with E-state index in [0.29, 0.717) is 6.04 Å². The first-order valence-corrected chi connectivity index (χ1v) is 7.31. The van der Waals surface area contributed by atoms with E-state index in [1.165, 1.54) is 49.7 Å². The largest absolute Gasteiger partial charge is 0.493 e. The van der Waals surface area contributed by atoms with Crippen molar-refractivity contribution in [3.8, 4) is 5.75 Å². The van der Waals surface area contributed by atoms with E-state index in [4.69, 9.17) is 10.5 Å². The maximum absolute atomic E-state index is 6.05. The zero-order valence-electron chi connectivity index (χ0n) is 11.0. The van der Waals surface area contributed by atoms with Crippen LogP contribution in [0.25, 0.3) is 0 Å². The van der Waals surface area contributed by atoms with Crippen LogP contribution in [-0.4, -0.2) is 12.6 Å². The molecule has 2 unspecified atom stereocenters. The lowest BCUT2D eigenvalue weighted by molar-refractivity contribution is 0.307. The Bertz CT molecular complexity index is 416. The molecule has 1 aromatic carbocycles. The van der Waals surface area contributed by atoms with E-state index in [1.807, 2.05) is 0 Å². The fraction of sp³-hybridized carbons (Fsp3) is 0.625. The fourth-order valence-electron chi connectivity index (χ4n) is 3.36. The van der Waals surface area contributed by atoms with Crippen LogP contribution in [-0.2, 0) is 12.8 Å². The van der Waals surface area contributed by atoms with Crippen molar-refractivity contribution in [2.45, 2.75) is 51.0 Å². The minimum Gasteiger partial charge on any atom is -0.493 e. The van der Waals surface area contributed by atoms with Gasteiger partial charge < -0.3 is 10.5 Å². The molecule has 1 saturated carbocycles. The van der Waals surface area contributed by atoms with Gasteiger partial charge in [-0.05, 0) is 48.8 Å². The monoisotopic (exact) mass is 245 g/mol. The summed E-state index contributed by atoms with van der Waals surface area (Å²) >= 11 is 0. The van der Waals surface area contributed by atoms with Crippen molar-refractivity contribution >= 4 is 0 Å². The lowest BCUT2D eigenvalue weighted by Gasteiger charge is -2.26. The molecular weight excluding hydrogens is 222 g/mol. The van der Waals surface area contributed by atoms with Crippen LogP contribution in [0.3, 0.4) is 0 Å². The molecule has 0 saturated heterocycles. The fourth-order valence-corrected chi connectivity index (χ4v) is 3.36. The summed E-state index contributed by atoms with van der Waals surface area (Å²) in [5.41, 5.74) is 8.92. The maximum Gasteiger partial charge on any atom is 0.122 e. The second kappa shape index (κ2) is 5.31. The summed E-state index contributed by atoms with van der Waals surface area (Å²) in [4.78, 5) is 0. The Morgan fingerprint density at radius 1 is 1.28 bits per heavy atom. The van der Waals surface area contributed by atoms with E-state index in [2.05, 4.69) is 18.2 Å². The molecule has 18 heavy (non-hydrogen) atoms. The van der Waals surface area contributed by atoms with Gasteiger partial charge in [0.15, 0.2) is 0 Å². The molecule has 1 fully saturated rings. The number of nitrogens with two attached hydrogens (primary N) is 1. The molecular formula is C16H23NO. The number of benzene rings is 1. The van der Waals surface area contributed by atoms with Crippen LogP contribution in [0.5, 0.6) is 5.75 Å². The van der Waals surface area contributed by atoms with Crippen molar-refractivity contribution in [3.63, 3.8) is 0 Å². The van der Waals surface area contributed by atoms with E-state index in [1.54, 1.807) is 0 Å². The van der Waals surface area contributed by atoms with Gasteiger partial charge in [0.1, 0.15) is 5.75 Å². The Labute approximate surface area is 110 Å². The third-order valence-corrected chi connectivity index (χ3v) is 4.42. The van der Waals surface area contributed by atoms with Gasteiger partial charge in [-0.2, -0.15) is 0 Å². The molecule has 3 rings (SSSR count). The van der Waals surface area contributed by atoms with Gasteiger partial charge in [-0.25, -0.2) is 0 Å². The van der Waals surface area contributed by atoms with Crippen LogP contribution in [0.15, 0.2) is 18.2 Å². The van der Waals surface area contributed by atoms with E-state index >= 15 is 0 Å². The van der Waals surface area contributed by atoms with Crippen LogP contribution >= 0.6 is 0 Å². The van der Waals surface area contributed by atoms with Crippen LogP contribution in [0, 0.1) is 5.92 Å². The van der Waals surface area contributed by atoms with Crippen LogP contribution < -0.4 is 10.5 Å². The van der Waals surface area contributed by atoms with Crippen molar-refractivity contribution in [2.75, 3.05) is 6.61 Å². The SMILES string of the molecule is NC1CCCC(CCc2ccc3c(c2)CCO3)C1. The van der Waals surface area contributed by atoms with Crippen LogP contribution in [0.4, 0.5) is 0 Å². The molecule has 2 atom stereocenters. The summed E-state index contributed by atoms with van der Waals surface area (Å²) in [6.07, 6.45) is 8.74. The Kier molecular flexibility index (Phi) is 3.55. The highest BCUT2D eigenvalue weighted by atomic mass is 16.5. The number of aryl methyl sites for hydroxylation is 1. The number of ether oxygens (including phenoxy) is 1. The van der Waals surface area contributed by atoms with Gasteiger partial charge in [0.25, 0.3) is 0 Å². The first-order chi connectivity index (χ1) is 8.81. The molecule has 0 aromatic heterocycles. The minimum atomic E-state index is 0.456. The van der Waals surface area contributed by atoms with Gasteiger partial charge in [0.05, 0.1) is 6.61 Å². The molecule has 98 valence electrons. The predicted octanol–water partition coefficient (Wildman–Crippen LogP) is 3.07. The van der Waals surface area contributed by atoms with E-state index < -0.39 is 0 Å². The summed E-state index contributed by atoms with van der Waals surface area (Å²) in [5.74, 6) is 1.94. The zero-order valence-corrected chi connectivity index (χ0v) is 11.0. The Morgan fingerprint density at radius 2 is 2.22 bits per heavy atom. The number of hydrogen-bond donors (Lipinski definition) is 1. The van der Waals surface area contributed by atoms with E-state index in [-0.39, 0.29) is 0 Å². The molecule has 0 spiro atoms. The predicted molar refractivity (Wildman–Crippen MR) is 73.9 cm³/mol. The summed E-state index contributed by atoms with van der Waals surface area (Å²) < 4.78 is 5.55. The highest BCUT2D eigenvalue weighted by molar-refractivity contribution is 5.39. The van der Waals surface area contributed by atoms with Gasteiger partial charge in [0.2, 0.25) is 0 Å². The molecule has 2 nitrogen and oxygen atoms in total. The molecule has 0 amide bonds. The molecule has 1 heterocycles. The second-order valence-electron chi connectivity index (χ2n) is 5.87. The molecule has 0 radical (unpaired) electrons. The lowest BCUT2D eigenvalue weighted by atomic mass is 9.82. The van der Waals surface area contributed by atoms with Crippen molar-refractivity contribution in [3.05, 3.63) is 29.3 Å². The molecule has 0 bridgehead atoms. The number of hydrogen-bond acceptors (Lipinski definition) is 2. The first kappa shape index (κ1) is 12.0. The minimum absolute atomic E-state index is 0.456. The van der Waals surface area contributed by atoms with E-state index in [9.17, 15) is 0 Å². The maximum atomic E-state index is 6.05. The van der Waals surface area contributed by atoms with E-state index in [0.717, 1.165) is 24.7 Å². The normalized spacial score (nSPS) is 26.7. The third kappa shape index (κ3) is 2.69. The molecule has 1 aliphatic heterocycles. The highest BCUT2D eigenvalue weighted by Gasteiger charge is 2.19. The topological polar surface area (TPSA) is 35.2 Å². The van der Waals surface area contributed by atoms with Gasteiger partial charge in [-0.15, -0.1) is 0 Å². The smallest absolute Gasteiger partial charge is 0.122 e. The highest BCUT2D eigenvalue weighted by Crippen LogP contribution is 2.29. The summed E-state index contributed by atoms with van der Waals surface area (Å²) in [5, 5.41) is 0. The van der Waals surface area contributed by atoms with Gasteiger partial charge >= 0.3 is 0 Å². The number of rotatable bonds is 3. The van der Waals surface area contributed by atoms with Crippen LogP contribution in [0.1, 0.15) is 43.2 Å². The van der Waals surface area contributed by atoms with Crippen molar-refractivity contribution < 1.29 is 4.74 Å². The average molecular weight is 245 g/mol. The standard InChI is InChI=1S/C16H23NO/c17-15-3-1-2-12(11-15)4-5-13-6-7-16-14(10-13)8-9-18-16/h6-7,10,12,15H,1-5,8-9,11,17H2. The number of fused-ring (bicyclic) bond motifs is 1. The van der Waals surface area contributed by atoms with Gasteiger partial charge in [-0.1, -0.05) is 25.0 Å². The lowest BCUT2D eigenvalue weighted by Crippen LogP contribution is -2.27. The second-order valence-corrected chi connectivity index (χ2v) is 5.87. The van der Waals surface area contributed by atoms with Crippen molar-refractivity contribution in [1.82, 2.24) is 0 Å². The van der Waals surface area contributed by atoms with Crippen molar-refractivity contribution in [1.29, 1.82) is 0 Å². The van der Waals surface area contributed by atoms with Crippen molar-refractivity contribution in [2.24, 2.45) is 11.7 Å². The summed E-state index contributed by atoms with van der Waals surface area (Å²) in [6.45, 7) is 0.857. The third-order valence-electron chi connectivity index (χ3n) is 4.42. The molecule has 2 N–H and O–H groups in total. The molecule has 2 aliphatic rings. The average Bonchev–Trinajstić information content (AvgIpc) is 2.84. The summed E-state index contributed by atoms with van der Waals surface area (Å²) in [7, 11) is 0. The Hall–Kier alpha value is -1.02. The zero-order chi connectivity index (χ0) is 12.4. The Morgan fingerprint density at radius 3 is 3.11 bits per heavy atom. The quantitative estimate of drug-likeness (QED) is 0.888. The summed E-state index contributed by atoms with van der Waals surface area (Å²) in [6, 6.07) is 7.17. The molecule has 1 aromatic rings.